The van der Waals surface area contributed by atoms with Gasteiger partial charge < -0.3 is 15.0 Å². The maximum atomic E-state index is 13.8. The van der Waals surface area contributed by atoms with Crippen molar-refractivity contribution in [3.05, 3.63) is 64.4 Å². The number of hydrogen-bond donors (Lipinski definition) is 1. The van der Waals surface area contributed by atoms with Crippen LogP contribution in [0.1, 0.15) is 22.8 Å². The van der Waals surface area contributed by atoms with Crippen molar-refractivity contribution in [2.75, 3.05) is 19.0 Å². The fraction of sp³-hybridized carbons (Fsp3) is 0.211. The molecule has 0 saturated carbocycles. The Kier molecular flexibility index (Phi) is 6.90. The molecule has 142 valence electrons. The Morgan fingerprint density at radius 1 is 1.19 bits per heavy atom. The molecule has 0 aliphatic rings. The number of nitrogens with zero attached hydrogens (tertiary/aromatic N) is 1. The Morgan fingerprint density at radius 2 is 1.89 bits per heavy atom. The molecule has 0 bridgehead atoms. The molecule has 8 heteroatoms. The predicted molar refractivity (Wildman–Crippen MR) is 98.9 cm³/mol. The van der Waals surface area contributed by atoms with Gasteiger partial charge >= 0.3 is 5.97 Å². The van der Waals surface area contributed by atoms with Crippen molar-refractivity contribution in [2.24, 2.45) is 0 Å². The lowest BCUT2D eigenvalue weighted by atomic mass is 10.2. The number of anilines is 1. The molecule has 2 amide bonds. The highest BCUT2D eigenvalue weighted by Gasteiger charge is 2.17. The van der Waals surface area contributed by atoms with Gasteiger partial charge in [0.15, 0.2) is 0 Å². The lowest BCUT2D eigenvalue weighted by Gasteiger charge is -2.21. The third-order valence-electron chi connectivity index (χ3n) is 3.76. The lowest BCUT2D eigenvalue weighted by molar-refractivity contribution is -0.133. The minimum atomic E-state index is -0.577. The third kappa shape index (κ3) is 5.52. The molecule has 0 aromatic heterocycles. The van der Waals surface area contributed by atoms with Gasteiger partial charge in [-0.3, -0.25) is 9.59 Å². The highest BCUT2D eigenvalue weighted by atomic mass is 35.5. The SMILES string of the molecule is COC(=O)c1ccc(Cl)c(NC(=O)CN(Cc2ccccc2F)C(C)=O)c1. The molecule has 0 fully saturated rings. The maximum Gasteiger partial charge on any atom is 0.337 e. The molecule has 0 atom stereocenters. The van der Waals surface area contributed by atoms with Gasteiger partial charge in [-0.2, -0.15) is 0 Å². The van der Waals surface area contributed by atoms with E-state index in [0.717, 1.165) is 0 Å². The maximum absolute atomic E-state index is 13.8. The lowest BCUT2D eigenvalue weighted by Crippen LogP contribution is -2.36. The summed E-state index contributed by atoms with van der Waals surface area (Å²) >= 11 is 6.04. The van der Waals surface area contributed by atoms with Crippen molar-refractivity contribution < 1.29 is 23.5 Å². The fourth-order valence-electron chi connectivity index (χ4n) is 2.34. The monoisotopic (exact) mass is 392 g/mol. The summed E-state index contributed by atoms with van der Waals surface area (Å²) in [6, 6.07) is 10.3. The molecule has 6 nitrogen and oxygen atoms in total. The van der Waals surface area contributed by atoms with Crippen LogP contribution in [0.15, 0.2) is 42.5 Å². The molecule has 2 rings (SSSR count). The number of rotatable bonds is 6. The van der Waals surface area contributed by atoms with E-state index in [0.29, 0.717) is 5.56 Å². The first-order chi connectivity index (χ1) is 12.8. The van der Waals surface area contributed by atoms with E-state index < -0.39 is 17.7 Å². The summed E-state index contributed by atoms with van der Waals surface area (Å²) in [5.41, 5.74) is 0.720. The van der Waals surface area contributed by atoms with Crippen LogP contribution in [-0.2, 0) is 20.9 Å². The molecule has 2 aromatic carbocycles. The van der Waals surface area contributed by atoms with Crippen LogP contribution in [0, 0.1) is 5.82 Å². The van der Waals surface area contributed by atoms with Crippen molar-refractivity contribution in [1.82, 2.24) is 4.90 Å². The van der Waals surface area contributed by atoms with E-state index >= 15 is 0 Å². The van der Waals surface area contributed by atoms with E-state index in [4.69, 9.17) is 11.6 Å². The summed E-state index contributed by atoms with van der Waals surface area (Å²) in [6.07, 6.45) is 0. The summed E-state index contributed by atoms with van der Waals surface area (Å²) in [4.78, 5) is 37.0. The number of halogens is 2. The van der Waals surface area contributed by atoms with Gasteiger partial charge in [0, 0.05) is 19.0 Å². The van der Waals surface area contributed by atoms with Crippen molar-refractivity contribution in [1.29, 1.82) is 0 Å². The van der Waals surface area contributed by atoms with Gasteiger partial charge in [0.25, 0.3) is 0 Å². The minimum Gasteiger partial charge on any atom is -0.465 e. The van der Waals surface area contributed by atoms with Crippen LogP contribution >= 0.6 is 11.6 Å². The van der Waals surface area contributed by atoms with Crippen LogP contribution in [0.5, 0.6) is 0 Å². The van der Waals surface area contributed by atoms with Crippen molar-refractivity contribution in [2.45, 2.75) is 13.5 Å². The zero-order valence-corrected chi connectivity index (χ0v) is 15.5. The van der Waals surface area contributed by atoms with Crippen molar-refractivity contribution in [3.63, 3.8) is 0 Å². The summed E-state index contributed by atoms with van der Waals surface area (Å²) < 4.78 is 18.4. The van der Waals surface area contributed by atoms with E-state index in [1.54, 1.807) is 18.2 Å². The Bertz CT molecular complexity index is 873. The number of benzene rings is 2. The third-order valence-corrected chi connectivity index (χ3v) is 4.09. The second-order valence-electron chi connectivity index (χ2n) is 5.70. The second-order valence-corrected chi connectivity index (χ2v) is 6.11. The number of carbonyl (C=O) groups excluding carboxylic acids is 3. The number of hydrogen-bond acceptors (Lipinski definition) is 4. The van der Waals surface area contributed by atoms with Crippen LogP contribution in [0.4, 0.5) is 10.1 Å². The molecule has 0 spiro atoms. The largest absolute Gasteiger partial charge is 0.465 e. The topological polar surface area (TPSA) is 75.7 Å². The number of nitrogens with one attached hydrogen (secondary N) is 1. The van der Waals surface area contributed by atoms with Crippen LogP contribution in [0.25, 0.3) is 0 Å². The van der Waals surface area contributed by atoms with E-state index in [9.17, 15) is 18.8 Å². The first kappa shape index (κ1) is 20.4. The molecule has 2 aromatic rings. The summed E-state index contributed by atoms with van der Waals surface area (Å²) in [5, 5.41) is 2.77. The molecular weight excluding hydrogens is 375 g/mol. The van der Waals surface area contributed by atoms with Crippen LogP contribution < -0.4 is 5.32 Å². The Labute approximate surface area is 160 Å². The molecule has 0 aliphatic carbocycles. The van der Waals surface area contributed by atoms with Gasteiger partial charge in [-0.1, -0.05) is 29.8 Å². The zero-order valence-electron chi connectivity index (χ0n) is 14.8. The molecular formula is C19H18ClFN2O4. The molecule has 0 saturated heterocycles. The number of amides is 2. The Balaban J connectivity index is 2.11. The molecule has 1 N–H and O–H groups in total. The summed E-state index contributed by atoms with van der Waals surface area (Å²) in [7, 11) is 1.24. The molecule has 0 radical (unpaired) electrons. The van der Waals surface area contributed by atoms with Gasteiger partial charge in [-0.05, 0) is 24.3 Å². The van der Waals surface area contributed by atoms with Gasteiger partial charge in [-0.25, -0.2) is 9.18 Å². The van der Waals surface area contributed by atoms with Gasteiger partial charge in [0.1, 0.15) is 12.4 Å². The predicted octanol–water partition coefficient (Wildman–Crippen LogP) is 3.25. The quantitative estimate of drug-likeness (QED) is 0.766. The summed E-state index contributed by atoms with van der Waals surface area (Å²) in [6.45, 7) is 0.937. The first-order valence-electron chi connectivity index (χ1n) is 7.98. The average molecular weight is 393 g/mol. The molecule has 0 unspecified atom stereocenters. The van der Waals surface area contributed by atoms with Gasteiger partial charge in [0.05, 0.1) is 23.4 Å². The average Bonchev–Trinajstić information content (AvgIpc) is 2.63. The Morgan fingerprint density at radius 3 is 2.52 bits per heavy atom. The zero-order chi connectivity index (χ0) is 20.0. The van der Waals surface area contributed by atoms with Gasteiger partial charge in [0.2, 0.25) is 11.8 Å². The van der Waals surface area contributed by atoms with Crippen molar-refractivity contribution in [3.8, 4) is 0 Å². The van der Waals surface area contributed by atoms with E-state index in [-0.39, 0.29) is 35.3 Å². The number of esters is 1. The number of ether oxygens (including phenoxy) is 1. The Hall–Kier alpha value is -2.93. The van der Waals surface area contributed by atoms with Crippen molar-refractivity contribution >= 4 is 35.1 Å². The van der Waals surface area contributed by atoms with Crippen LogP contribution in [0.3, 0.4) is 0 Å². The van der Waals surface area contributed by atoms with Crippen LogP contribution in [-0.4, -0.2) is 36.3 Å². The highest BCUT2D eigenvalue weighted by Crippen LogP contribution is 2.23. The number of methoxy groups -OCH3 is 1. The molecule has 27 heavy (non-hydrogen) atoms. The van der Waals surface area contributed by atoms with E-state index in [1.807, 2.05) is 0 Å². The molecule has 0 aliphatic heterocycles. The minimum absolute atomic E-state index is 0.0502. The van der Waals surface area contributed by atoms with E-state index in [2.05, 4.69) is 10.1 Å². The highest BCUT2D eigenvalue weighted by molar-refractivity contribution is 6.33. The first-order valence-corrected chi connectivity index (χ1v) is 8.36. The van der Waals surface area contributed by atoms with E-state index in [1.165, 1.54) is 43.2 Å². The smallest absolute Gasteiger partial charge is 0.337 e. The van der Waals surface area contributed by atoms with Crippen LogP contribution in [0.2, 0.25) is 5.02 Å². The standard InChI is InChI=1S/C19H18ClFN2O4/c1-12(24)23(10-14-5-3-4-6-16(14)21)11-18(25)22-17-9-13(19(26)27-2)7-8-15(17)20/h3-9H,10-11H2,1-2H3,(H,22,25). The second kappa shape index (κ2) is 9.14. The summed E-state index contributed by atoms with van der Waals surface area (Å²) in [5.74, 6) is -1.96. The normalized spacial score (nSPS) is 10.2. The number of carbonyl (C=O) groups is 3. The van der Waals surface area contributed by atoms with Gasteiger partial charge in [-0.15, -0.1) is 0 Å². The fourth-order valence-corrected chi connectivity index (χ4v) is 2.50. The molecule has 0 heterocycles.